The van der Waals surface area contributed by atoms with E-state index in [1.54, 1.807) is 0 Å². The lowest BCUT2D eigenvalue weighted by atomic mass is 9.80. The molecule has 4 rings (SSSR count). The normalized spacial score (nSPS) is 21.4. The molecular formula is C19H17ClS. The highest BCUT2D eigenvalue weighted by Crippen LogP contribution is 2.41. The molecule has 3 aromatic rings. The highest BCUT2D eigenvalue weighted by molar-refractivity contribution is 7.17. The molecule has 0 amide bonds. The summed E-state index contributed by atoms with van der Waals surface area (Å²) in [5.41, 5.74) is 4.24. The molecule has 1 aliphatic rings. The number of aryl methyl sites for hydroxylation is 1. The standard InChI is InChI=1S/C19H17ClS/c20-19-14(10-9-13-5-1-2-7-17(13)19)11-15-12-21-18-8-4-3-6-16(15)18/h1-8,12,14,19H,9-11H2. The fraction of sp³-hybridized carbons (Fsp3) is 0.263. The molecule has 0 radical (unpaired) electrons. The molecule has 2 aromatic carbocycles. The predicted molar refractivity (Wildman–Crippen MR) is 92.4 cm³/mol. The second-order valence-electron chi connectivity index (χ2n) is 5.86. The molecule has 21 heavy (non-hydrogen) atoms. The van der Waals surface area contributed by atoms with Crippen molar-refractivity contribution in [1.82, 2.24) is 0 Å². The van der Waals surface area contributed by atoms with Crippen molar-refractivity contribution in [3.63, 3.8) is 0 Å². The van der Waals surface area contributed by atoms with Gasteiger partial charge in [-0.1, -0.05) is 42.5 Å². The van der Waals surface area contributed by atoms with Gasteiger partial charge in [-0.3, -0.25) is 0 Å². The Morgan fingerprint density at radius 1 is 1.05 bits per heavy atom. The van der Waals surface area contributed by atoms with Gasteiger partial charge in [0.15, 0.2) is 0 Å². The van der Waals surface area contributed by atoms with E-state index < -0.39 is 0 Å². The maximum atomic E-state index is 6.78. The summed E-state index contributed by atoms with van der Waals surface area (Å²) in [6, 6.07) is 17.3. The summed E-state index contributed by atoms with van der Waals surface area (Å²) < 4.78 is 1.38. The van der Waals surface area contributed by atoms with Crippen molar-refractivity contribution >= 4 is 33.0 Å². The monoisotopic (exact) mass is 312 g/mol. The number of halogens is 1. The maximum absolute atomic E-state index is 6.78. The zero-order valence-electron chi connectivity index (χ0n) is 11.8. The van der Waals surface area contributed by atoms with Gasteiger partial charge in [0.05, 0.1) is 5.38 Å². The third kappa shape index (κ3) is 2.39. The van der Waals surface area contributed by atoms with Crippen molar-refractivity contribution < 1.29 is 0 Å². The molecule has 2 unspecified atom stereocenters. The van der Waals surface area contributed by atoms with Crippen LogP contribution in [-0.2, 0) is 12.8 Å². The first-order chi connectivity index (χ1) is 10.3. The lowest BCUT2D eigenvalue weighted by Gasteiger charge is -2.29. The third-order valence-corrected chi connectivity index (χ3v) is 6.20. The molecule has 0 saturated heterocycles. The van der Waals surface area contributed by atoms with Crippen LogP contribution in [0.3, 0.4) is 0 Å². The summed E-state index contributed by atoms with van der Waals surface area (Å²) in [5.74, 6) is 0.541. The van der Waals surface area contributed by atoms with Crippen LogP contribution in [0.5, 0.6) is 0 Å². The Kier molecular flexibility index (Phi) is 3.48. The van der Waals surface area contributed by atoms with E-state index in [0.717, 1.165) is 12.8 Å². The van der Waals surface area contributed by atoms with Gasteiger partial charge in [0.25, 0.3) is 0 Å². The Morgan fingerprint density at radius 2 is 1.86 bits per heavy atom. The Labute approximate surface area is 134 Å². The van der Waals surface area contributed by atoms with Crippen molar-refractivity contribution in [2.45, 2.75) is 24.6 Å². The van der Waals surface area contributed by atoms with Gasteiger partial charge in [0.1, 0.15) is 0 Å². The number of fused-ring (bicyclic) bond motifs is 2. The lowest BCUT2D eigenvalue weighted by molar-refractivity contribution is 0.443. The molecule has 106 valence electrons. The second-order valence-corrected chi connectivity index (χ2v) is 7.24. The fourth-order valence-corrected chi connectivity index (χ4v) is 4.85. The van der Waals surface area contributed by atoms with Crippen molar-refractivity contribution in [3.05, 3.63) is 70.6 Å². The van der Waals surface area contributed by atoms with E-state index in [2.05, 4.69) is 53.9 Å². The SMILES string of the molecule is ClC1c2ccccc2CCC1Cc1csc2ccccc12. The highest BCUT2D eigenvalue weighted by Gasteiger charge is 2.28. The zero-order valence-corrected chi connectivity index (χ0v) is 13.3. The van der Waals surface area contributed by atoms with Crippen LogP contribution in [0.4, 0.5) is 0 Å². The third-order valence-electron chi connectivity index (χ3n) is 4.59. The first-order valence-corrected chi connectivity index (χ1v) is 8.81. The molecule has 2 atom stereocenters. The van der Waals surface area contributed by atoms with E-state index in [0.29, 0.717) is 5.92 Å². The van der Waals surface area contributed by atoms with Gasteiger partial charge in [0.2, 0.25) is 0 Å². The summed E-state index contributed by atoms with van der Waals surface area (Å²) >= 11 is 8.63. The number of benzene rings is 2. The van der Waals surface area contributed by atoms with E-state index in [1.165, 1.54) is 33.2 Å². The van der Waals surface area contributed by atoms with Crippen molar-refractivity contribution in [2.75, 3.05) is 0 Å². The first kappa shape index (κ1) is 13.4. The minimum Gasteiger partial charge on any atom is -0.144 e. The molecule has 1 heterocycles. The first-order valence-electron chi connectivity index (χ1n) is 7.50. The zero-order chi connectivity index (χ0) is 14.2. The van der Waals surface area contributed by atoms with Gasteiger partial charge < -0.3 is 0 Å². The van der Waals surface area contributed by atoms with Crippen LogP contribution in [0.25, 0.3) is 10.1 Å². The average molecular weight is 313 g/mol. The maximum Gasteiger partial charge on any atom is 0.0619 e. The van der Waals surface area contributed by atoms with Crippen LogP contribution in [0, 0.1) is 5.92 Å². The van der Waals surface area contributed by atoms with Crippen molar-refractivity contribution in [1.29, 1.82) is 0 Å². The van der Waals surface area contributed by atoms with Gasteiger partial charge in [-0.05, 0) is 58.7 Å². The molecule has 0 saturated carbocycles. The second kappa shape index (κ2) is 5.47. The molecule has 0 aliphatic heterocycles. The molecule has 0 spiro atoms. The predicted octanol–water partition coefficient (Wildman–Crippen LogP) is 5.99. The van der Waals surface area contributed by atoms with Crippen molar-refractivity contribution in [2.24, 2.45) is 5.92 Å². The quantitative estimate of drug-likeness (QED) is 0.510. The number of rotatable bonds is 2. The summed E-state index contributed by atoms with van der Waals surface area (Å²) in [4.78, 5) is 0. The van der Waals surface area contributed by atoms with Crippen LogP contribution < -0.4 is 0 Å². The largest absolute Gasteiger partial charge is 0.144 e. The van der Waals surface area contributed by atoms with E-state index in [-0.39, 0.29) is 5.38 Å². The molecule has 1 aliphatic carbocycles. The van der Waals surface area contributed by atoms with Crippen LogP contribution in [-0.4, -0.2) is 0 Å². The minimum atomic E-state index is 0.147. The van der Waals surface area contributed by atoms with Crippen LogP contribution in [0.2, 0.25) is 0 Å². The Balaban J connectivity index is 1.64. The Bertz CT molecular complexity index is 774. The van der Waals surface area contributed by atoms with Gasteiger partial charge >= 0.3 is 0 Å². The van der Waals surface area contributed by atoms with E-state index in [1.807, 2.05) is 11.3 Å². The molecule has 0 fully saturated rings. The molecule has 0 N–H and O–H groups in total. The van der Waals surface area contributed by atoms with Gasteiger partial charge in [0, 0.05) is 4.70 Å². The van der Waals surface area contributed by atoms with Crippen LogP contribution >= 0.6 is 22.9 Å². The summed E-state index contributed by atoms with van der Waals surface area (Å²) in [6.07, 6.45) is 3.44. The minimum absolute atomic E-state index is 0.147. The molecule has 2 heteroatoms. The number of hydrogen-bond acceptors (Lipinski definition) is 1. The van der Waals surface area contributed by atoms with E-state index >= 15 is 0 Å². The molecule has 0 bridgehead atoms. The lowest BCUT2D eigenvalue weighted by Crippen LogP contribution is -2.19. The average Bonchev–Trinajstić information content (AvgIpc) is 2.94. The van der Waals surface area contributed by atoms with E-state index in [4.69, 9.17) is 11.6 Å². The molecule has 0 nitrogen and oxygen atoms in total. The summed E-state index contributed by atoms with van der Waals surface area (Å²) in [6.45, 7) is 0. The van der Waals surface area contributed by atoms with E-state index in [9.17, 15) is 0 Å². The number of thiophene rings is 1. The van der Waals surface area contributed by atoms with Gasteiger partial charge in [-0.15, -0.1) is 22.9 Å². The van der Waals surface area contributed by atoms with Gasteiger partial charge in [-0.25, -0.2) is 0 Å². The Hall–Kier alpha value is -1.31. The number of alkyl halides is 1. The highest BCUT2D eigenvalue weighted by atomic mass is 35.5. The fourth-order valence-electron chi connectivity index (χ4n) is 3.45. The van der Waals surface area contributed by atoms with Crippen LogP contribution in [0.15, 0.2) is 53.9 Å². The molecular weight excluding hydrogens is 296 g/mol. The van der Waals surface area contributed by atoms with Gasteiger partial charge in [-0.2, -0.15) is 0 Å². The van der Waals surface area contributed by atoms with Crippen molar-refractivity contribution in [3.8, 4) is 0 Å². The smallest absolute Gasteiger partial charge is 0.0619 e. The topological polar surface area (TPSA) is 0 Å². The summed E-state index contributed by atoms with van der Waals surface area (Å²) in [5, 5.41) is 3.87. The van der Waals surface area contributed by atoms with Crippen LogP contribution in [0.1, 0.15) is 28.5 Å². The molecule has 1 aromatic heterocycles. The Morgan fingerprint density at radius 3 is 2.81 bits per heavy atom. The number of hydrogen-bond donors (Lipinski definition) is 0. The summed E-state index contributed by atoms with van der Waals surface area (Å²) in [7, 11) is 0.